The Hall–Kier alpha value is -2.96. The molecule has 0 aliphatic carbocycles. The van der Waals surface area contributed by atoms with Gasteiger partial charge in [0, 0.05) is 38.8 Å². The SMILES string of the molecule is Cc1ccc(N(C)C(=O)[C@@H]2CCCN(c3ncnc4c3nc3n4CCCCC3)C2)cc1C. The van der Waals surface area contributed by atoms with Crippen LogP contribution in [0.1, 0.15) is 49.1 Å². The van der Waals surface area contributed by atoms with Gasteiger partial charge >= 0.3 is 0 Å². The van der Waals surface area contributed by atoms with Crippen molar-refractivity contribution in [2.24, 2.45) is 5.92 Å². The maximum atomic E-state index is 13.4. The zero-order valence-electron chi connectivity index (χ0n) is 19.3. The van der Waals surface area contributed by atoms with Gasteiger partial charge in [-0.3, -0.25) is 4.79 Å². The molecule has 32 heavy (non-hydrogen) atoms. The number of aryl methyl sites for hydroxylation is 4. The Bertz CT molecular complexity index is 1150. The molecule has 0 radical (unpaired) electrons. The van der Waals surface area contributed by atoms with Gasteiger partial charge in [0.1, 0.15) is 12.2 Å². The summed E-state index contributed by atoms with van der Waals surface area (Å²) in [7, 11) is 1.89. The van der Waals surface area contributed by atoms with E-state index in [2.05, 4.69) is 45.4 Å². The average molecular weight is 433 g/mol. The van der Waals surface area contributed by atoms with Crippen molar-refractivity contribution in [3.8, 4) is 0 Å². The van der Waals surface area contributed by atoms with E-state index in [1.807, 2.05) is 18.0 Å². The number of nitrogens with zero attached hydrogens (tertiary/aromatic N) is 6. The van der Waals surface area contributed by atoms with Crippen LogP contribution in [0.15, 0.2) is 24.5 Å². The molecule has 0 saturated carbocycles. The minimum absolute atomic E-state index is 0.0548. The zero-order chi connectivity index (χ0) is 22.2. The molecular formula is C25H32N6O. The molecule has 2 aromatic heterocycles. The van der Waals surface area contributed by atoms with Crippen LogP contribution in [-0.4, -0.2) is 45.6 Å². The molecule has 0 N–H and O–H groups in total. The van der Waals surface area contributed by atoms with Crippen molar-refractivity contribution >= 4 is 28.6 Å². The van der Waals surface area contributed by atoms with Crippen molar-refractivity contribution in [3.63, 3.8) is 0 Å². The number of aromatic nitrogens is 4. The van der Waals surface area contributed by atoms with Gasteiger partial charge in [-0.05, 0) is 62.8 Å². The van der Waals surface area contributed by atoms with E-state index in [-0.39, 0.29) is 11.8 Å². The lowest BCUT2D eigenvalue weighted by atomic mass is 9.96. The van der Waals surface area contributed by atoms with E-state index in [0.717, 1.165) is 60.8 Å². The van der Waals surface area contributed by atoms with Crippen LogP contribution in [0.3, 0.4) is 0 Å². The summed E-state index contributed by atoms with van der Waals surface area (Å²) in [5.74, 6) is 2.12. The van der Waals surface area contributed by atoms with Crippen LogP contribution >= 0.6 is 0 Å². The Balaban J connectivity index is 1.40. The topological polar surface area (TPSA) is 67.2 Å². The Morgan fingerprint density at radius 3 is 2.78 bits per heavy atom. The number of amides is 1. The third-order valence-electron chi connectivity index (χ3n) is 7.15. The quantitative estimate of drug-likeness (QED) is 0.625. The first-order valence-corrected chi connectivity index (χ1v) is 11.8. The second-order valence-electron chi connectivity index (χ2n) is 9.31. The Morgan fingerprint density at radius 1 is 1.06 bits per heavy atom. The van der Waals surface area contributed by atoms with Crippen LogP contribution in [0.25, 0.3) is 11.2 Å². The fourth-order valence-electron chi connectivity index (χ4n) is 5.06. The molecule has 1 aromatic carbocycles. The van der Waals surface area contributed by atoms with E-state index < -0.39 is 0 Å². The molecule has 5 rings (SSSR count). The van der Waals surface area contributed by atoms with Gasteiger partial charge in [0.25, 0.3) is 0 Å². The van der Waals surface area contributed by atoms with Crippen molar-refractivity contribution in [1.29, 1.82) is 0 Å². The van der Waals surface area contributed by atoms with Crippen LogP contribution in [0, 0.1) is 19.8 Å². The summed E-state index contributed by atoms with van der Waals surface area (Å²) in [5.41, 5.74) is 5.23. The highest BCUT2D eigenvalue weighted by molar-refractivity contribution is 5.95. The number of hydrogen-bond donors (Lipinski definition) is 0. The lowest BCUT2D eigenvalue weighted by molar-refractivity contribution is -0.122. The third-order valence-corrected chi connectivity index (χ3v) is 7.15. The van der Waals surface area contributed by atoms with Gasteiger partial charge in [0.15, 0.2) is 17.0 Å². The third kappa shape index (κ3) is 3.74. The molecule has 1 amide bonds. The number of imidazole rings is 1. The Labute approximate surface area is 189 Å². The van der Waals surface area contributed by atoms with Crippen molar-refractivity contribution in [2.75, 3.05) is 29.9 Å². The molecule has 3 aromatic rings. The van der Waals surface area contributed by atoms with Crippen molar-refractivity contribution in [2.45, 2.75) is 58.9 Å². The van der Waals surface area contributed by atoms with Gasteiger partial charge in [0.05, 0.1) is 5.92 Å². The molecule has 168 valence electrons. The maximum absolute atomic E-state index is 13.4. The van der Waals surface area contributed by atoms with E-state index in [1.54, 1.807) is 6.33 Å². The smallest absolute Gasteiger partial charge is 0.231 e. The number of anilines is 2. The molecule has 7 nitrogen and oxygen atoms in total. The van der Waals surface area contributed by atoms with Gasteiger partial charge < -0.3 is 14.4 Å². The standard InChI is InChI=1S/C25H32N6O/c1-17-10-11-20(14-18(17)2)29(3)25(32)19-8-7-12-30(15-19)23-22-24(27-16-26-23)31-13-6-4-5-9-21(31)28-22/h10-11,14,16,19H,4-9,12-13,15H2,1-3H3/t19-/m1/s1. The molecule has 0 unspecified atom stereocenters. The monoisotopic (exact) mass is 432 g/mol. The van der Waals surface area contributed by atoms with E-state index >= 15 is 0 Å². The van der Waals surface area contributed by atoms with Gasteiger partial charge in [0.2, 0.25) is 5.91 Å². The van der Waals surface area contributed by atoms with Gasteiger partial charge in [-0.2, -0.15) is 0 Å². The first-order chi connectivity index (χ1) is 15.5. The highest BCUT2D eigenvalue weighted by atomic mass is 16.2. The second kappa shape index (κ2) is 8.52. The largest absolute Gasteiger partial charge is 0.354 e. The van der Waals surface area contributed by atoms with E-state index in [0.29, 0.717) is 6.54 Å². The highest BCUT2D eigenvalue weighted by Gasteiger charge is 2.31. The molecule has 4 heterocycles. The van der Waals surface area contributed by atoms with Crippen molar-refractivity contribution in [1.82, 2.24) is 19.5 Å². The molecule has 1 saturated heterocycles. The normalized spacial score (nSPS) is 19.0. The van der Waals surface area contributed by atoms with E-state index in [9.17, 15) is 4.79 Å². The molecule has 0 bridgehead atoms. The zero-order valence-corrected chi connectivity index (χ0v) is 19.3. The van der Waals surface area contributed by atoms with E-state index in [1.165, 1.54) is 30.4 Å². The first-order valence-electron chi connectivity index (χ1n) is 11.8. The number of fused-ring (bicyclic) bond motifs is 3. The lowest BCUT2D eigenvalue weighted by Gasteiger charge is -2.34. The average Bonchev–Trinajstić information content (AvgIpc) is 3.00. The van der Waals surface area contributed by atoms with E-state index in [4.69, 9.17) is 4.98 Å². The number of piperidine rings is 1. The predicted octanol–water partition coefficient (Wildman–Crippen LogP) is 4.05. The number of benzene rings is 1. The fraction of sp³-hybridized carbons (Fsp3) is 0.520. The fourth-order valence-corrected chi connectivity index (χ4v) is 5.06. The molecule has 7 heteroatoms. The van der Waals surface area contributed by atoms with Gasteiger partial charge in [-0.1, -0.05) is 12.5 Å². The predicted molar refractivity (Wildman–Crippen MR) is 127 cm³/mol. The summed E-state index contributed by atoms with van der Waals surface area (Å²) in [4.78, 5) is 31.6. The number of hydrogen-bond acceptors (Lipinski definition) is 5. The van der Waals surface area contributed by atoms with Crippen molar-refractivity contribution < 1.29 is 4.79 Å². The summed E-state index contributed by atoms with van der Waals surface area (Å²) in [6.07, 6.45) is 8.11. The molecule has 2 aliphatic heterocycles. The Kier molecular flexibility index (Phi) is 5.57. The summed E-state index contributed by atoms with van der Waals surface area (Å²) < 4.78 is 2.27. The molecule has 1 atom stereocenters. The lowest BCUT2D eigenvalue weighted by Crippen LogP contribution is -2.44. The Morgan fingerprint density at radius 2 is 1.94 bits per heavy atom. The van der Waals surface area contributed by atoms with Gasteiger partial charge in [-0.15, -0.1) is 0 Å². The van der Waals surface area contributed by atoms with Crippen LogP contribution in [0.5, 0.6) is 0 Å². The summed E-state index contributed by atoms with van der Waals surface area (Å²) in [5, 5.41) is 0. The number of carbonyl (C=O) groups is 1. The first kappa shape index (κ1) is 20.9. The van der Waals surface area contributed by atoms with Gasteiger partial charge in [-0.25, -0.2) is 15.0 Å². The number of rotatable bonds is 3. The molecular weight excluding hydrogens is 400 g/mol. The maximum Gasteiger partial charge on any atom is 0.231 e. The minimum atomic E-state index is -0.0548. The summed E-state index contributed by atoms with van der Waals surface area (Å²) in [6, 6.07) is 6.22. The number of carbonyl (C=O) groups excluding carboxylic acids is 1. The van der Waals surface area contributed by atoms with Crippen LogP contribution in [-0.2, 0) is 17.8 Å². The molecule has 2 aliphatic rings. The van der Waals surface area contributed by atoms with Crippen LogP contribution < -0.4 is 9.80 Å². The van der Waals surface area contributed by atoms with Crippen molar-refractivity contribution in [3.05, 3.63) is 41.5 Å². The molecule has 1 fully saturated rings. The summed E-state index contributed by atoms with van der Waals surface area (Å²) in [6.45, 7) is 6.72. The van der Waals surface area contributed by atoms with Crippen LogP contribution in [0.2, 0.25) is 0 Å². The minimum Gasteiger partial charge on any atom is -0.354 e. The van der Waals surface area contributed by atoms with Crippen LogP contribution in [0.4, 0.5) is 11.5 Å². The molecule has 0 spiro atoms. The summed E-state index contributed by atoms with van der Waals surface area (Å²) >= 11 is 0. The highest BCUT2D eigenvalue weighted by Crippen LogP contribution is 2.30. The second-order valence-corrected chi connectivity index (χ2v) is 9.31.